The standard InChI is InChI=1S/C19H23Cl/c1-11-8-7-9-17(14(11)4)19(20)18-15(5)12(2)10-13(3)16(18)6/h7-10,19H,1-6H3. The zero-order valence-electron chi connectivity index (χ0n) is 13.3. The number of hydrogen-bond donors (Lipinski definition) is 0. The van der Waals surface area contributed by atoms with E-state index in [0.29, 0.717) is 0 Å². The number of benzene rings is 2. The zero-order valence-corrected chi connectivity index (χ0v) is 14.0. The van der Waals surface area contributed by atoms with Crippen LogP contribution in [0.1, 0.15) is 49.9 Å². The van der Waals surface area contributed by atoms with Crippen LogP contribution in [-0.2, 0) is 0 Å². The van der Waals surface area contributed by atoms with E-state index >= 15 is 0 Å². The van der Waals surface area contributed by atoms with Crippen LogP contribution in [0, 0.1) is 41.5 Å². The van der Waals surface area contributed by atoms with Crippen LogP contribution in [0.15, 0.2) is 24.3 Å². The quantitative estimate of drug-likeness (QED) is 0.606. The molecule has 0 nitrogen and oxygen atoms in total. The maximum absolute atomic E-state index is 6.86. The Morgan fingerprint density at radius 2 is 1.30 bits per heavy atom. The topological polar surface area (TPSA) is 0 Å². The van der Waals surface area contributed by atoms with Gasteiger partial charge in [-0.05, 0) is 86.1 Å². The second-order valence-corrected chi connectivity index (χ2v) is 6.26. The van der Waals surface area contributed by atoms with Gasteiger partial charge in [-0.3, -0.25) is 0 Å². The number of rotatable bonds is 2. The Morgan fingerprint density at radius 3 is 1.85 bits per heavy atom. The van der Waals surface area contributed by atoms with Crippen LogP contribution in [0.3, 0.4) is 0 Å². The van der Waals surface area contributed by atoms with Gasteiger partial charge in [0, 0.05) is 0 Å². The van der Waals surface area contributed by atoms with E-state index in [2.05, 4.69) is 65.8 Å². The molecule has 2 aromatic rings. The van der Waals surface area contributed by atoms with Gasteiger partial charge in [-0.25, -0.2) is 0 Å². The van der Waals surface area contributed by atoms with Crippen molar-refractivity contribution in [3.05, 3.63) is 68.8 Å². The Bertz CT molecular complexity index is 627. The van der Waals surface area contributed by atoms with Crippen molar-refractivity contribution in [3.8, 4) is 0 Å². The summed E-state index contributed by atoms with van der Waals surface area (Å²) in [5, 5.41) is -0.0755. The highest BCUT2D eigenvalue weighted by molar-refractivity contribution is 6.23. The second-order valence-electron chi connectivity index (χ2n) is 5.83. The molecule has 2 rings (SSSR count). The molecule has 0 radical (unpaired) electrons. The molecule has 20 heavy (non-hydrogen) atoms. The summed E-state index contributed by atoms with van der Waals surface area (Å²) in [5.74, 6) is 0. The number of halogens is 1. The SMILES string of the molecule is Cc1cccc(C(Cl)c2c(C)c(C)cc(C)c2C)c1C. The summed E-state index contributed by atoms with van der Waals surface area (Å²) in [6, 6.07) is 8.64. The van der Waals surface area contributed by atoms with Crippen molar-refractivity contribution in [3.63, 3.8) is 0 Å². The van der Waals surface area contributed by atoms with Crippen LogP contribution >= 0.6 is 11.6 Å². The van der Waals surface area contributed by atoms with E-state index in [1.54, 1.807) is 0 Å². The molecular formula is C19H23Cl. The summed E-state index contributed by atoms with van der Waals surface area (Å²) in [7, 11) is 0. The summed E-state index contributed by atoms with van der Waals surface area (Å²) in [6.07, 6.45) is 0. The predicted molar refractivity (Wildman–Crippen MR) is 89.0 cm³/mol. The normalized spacial score (nSPS) is 12.6. The van der Waals surface area contributed by atoms with Gasteiger partial charge in [0.2, 0.25) is 0 Å². The highest BCUT2D eigenvalue weighted by atomic mass is 35.5. The van der Waals surface area contributed by atoms with E-state index in [9.17, 15) is 0 Å². The van der Waals surface area contributed by atoms with Gasteiger partial charge in [0.15, 0.2) is 0 Å². The minimum Gasteiger partial charge on any atom is -0.113 e. The van der Waals surface area contributed by atoms with E-state index in [1.807, 2.05) is 0 Å². The molecule has 0 N–H and O–H groups in total. The van der Waals surface area contributed by atoms with Gasteiger partial charge in [0.05, 0.1) is 5.38 Å². The van der Waals surface area contributed by atoms with Crippen molar-refractivity contribution in [2.75, 3.05) is 0 Å². The van der Waals surface area contributed by atoms with Crippen LogP contribution in [0.5, 0.6) is 0 Å². The molecule has 0 saturated heterocycles. The van der Waals surface area contributed by atoms with Crippen molar-refractivity contribution in [2.24, 2.45) is 0 Å². The molecule has 0 fully saturated rings. The first-order valence-electron chi connectivity index (χ1n) is 7.12. The highest BCUT2D eigenvalue weighted by Gasteiger charge is 2.20. The van der Waals surface area contributed by atoms with E-state index < -0.39 is 0 Å². The Labute approximate surface area is 127 Å². The fraction of sp³-hybridized carbons (Fsp3) is 0.368. The van der Waals surface area contributed by atoms with Gasteiger partial charge in [-0.1, -0.05) is 24.3 Å². The lowest BCUT2D eigenvalue weighted by Crippen LogP contribution is -2.05. The number of aryl methyl sites for hydroxylation is 3. The molecule has 0 aliphatic carbocycles. The molecule has 1 heteroatoms. The minimum atomic E-state index is -0.0755. The zero-order chi connectivity index (χ0) is 15.0. The molecule has 1 atom stereocenters. The van der Waals surface area contributed by atoms with E-state index in [0.717, 1.165) is 0 Å². The average Bonchev–Trinajstić information content (AvgIpc) is 2.40. The molecule has 106 valence electrons. The lowest BCUT2D eigenvalue weighted by Gasteiger charge is -2.22. The van der Waals surface area contributed by atoms with Crippen molar-refractivity contribution in [2.45, 2.75) is 46.9 Å². The lowest BCUT2D eigenvalue weighted by molar-refractivity contribution is 1.03. The molecule has 0 aliphatic rings. The van der Waals surface area contributed by atoms with Gasteiger partial charge < -0.3 is 0 Å². The molecule has 0 aliphatic heterocycles. The molecule has 0 heterocycles. The molecule has 0 amide bonds. The molecular weight excluding hydrogens is 264 g/mol. The monoisotopic (exact) mass is 286 g/mol. The molecule has 1 unspecified atom stereocenters. The first kappa shape index (κ1) is 15.1. The van der Waals surface area contributed by atoms with Crippen LogP contribution in [-0.4, -0.2) is 0 Å². The maximum atomic E-state index is 6.86. The van der Waals surface area contributed by atoms with Crippen LogP contribution in [0.25, 0.3) is 0 Å². The third-order valence-electron chi connectivity index (χ3n) is 4.60. The molecule has 0 spiro atoms. The summed E-state index contributed by atoms with van der Waals surface area (Å²) in [4.78, 5) is 0. The van der Waals surface area contributed by atoms with E-state index in [-0.39, 0.29) is 5.38 Å². The van der Waals surface area contributed by atoms with E-state index in [1.165, 1.54) is 44.5 Å². The molecule has 0 aromatic heterocycles. The first-order chi connectivity index (χ1) is 9.34. The molecule has 0 bridgehead atoms. The van der Waals surface area contributed by atoms with Gasteiger partial charge >= 0.3 is 0 Å². The maximum Gasteiger partial charge on any atom is 0.0843 e. The predicted octanol–water partition coefficient (Wildman–Crippen LogP) is 5.87. The fourth-order valence-electron chi connectivity index (χ4n) is 2.83. The number of hydrogen-bond acceptors (Lipinski definition) is 0. The Balaban J connectivity index is 2.65. The van der Waals surface area contributed by atoms with Crippen molar-refractivity contribution in [1.82, 2.24) is 0 Å². The summed E-state index contributed by atoms with van der Waals surface area (Å²) in [5.41, 5.74) is 10.4. The van der Waals surface area contributed by atoms with Crippen molar-refractivity contribution < 1.29 is 0 Å². The summed E-state index contributed by atoms with van der Waals surface area (Å²) in [6.45, 7) is 13.0. The third kappa shape index (κ3) is 2.50. The Kier molecular flexibility index (Phi) is 4.25. The Hall–Kier alpha value is -1.27. The fourth-order valence-corrected chi connectivity index (χ4v) is 3.40. The molecule has 0 saturated carbocycles. The van der Waals surface area contributed by atoms with Gasteiger partial charge in [0.1, 0.15) is 0 Å². The first-order valence-corrected chi connectivity index (χ1v) is 7.55. The van der Waals surface area contributed by atoms with E-state index in [4.69, 9.17) is 11.6 Å². The van der Waals surface area contributed by atoms with Gasteiger partial charge in [0.25, 0.3) is 0 Å². The second kappa shape index (κ2) is 5.61. The van der Waals surface area contributed by atoms with Crippen LogP contribution in [0.4, 0.5) is 0 Å². The Morgan fingerprint density at radius 1 is 0.750 bits per heavy atom. The summed E-state index contributed by atoms with van der Waals surface area (Å²) >= 11 is 6.86. The van der Waals surface area contributed by atoms with Crippen LogP contribution in [0.2, 0.25) is 0 Å². The molecule has 2 aromatic carbocycles. The highest BCUT2D eigenvalue weighted by Crippen LogP contribution is 2.37. The van der Waals surface area contributed by atoms with Crippen molar-refractivity contribution >= 4 is 11.6 Å². The lowest BCUT2D eigenvalue weighted by atomic mass is 9.88. The van der Waals surface area contributed by atoms with Gasteiger partial charge in [-0.2, -0.15) is 0 Å². The summed E-state index contributed by atoms with van der Waals surface area (Å²) < 4.78 is 0. The smallest absolute Gasteiger partial charge is 0.0843 e. The van der Waals surface area contributed by atoms with Crippen LogP contribution < -0.4 is 0 Å². The number of alkyl halides is 1. The minimum absolute atomic E-state index is 0.0755. The third-order valence-corrected chi connectivity index (χ3v) is 5.05. The van der Waals surface area contributed by atoms with Gasteiger partial charge in [-0.15, -0.1) is 11.6 Å². The largest absolute Gasteiger partial charge is 0.113 e. The van der Waals surface area contributed by atoms with Crippen molar-refractivity contribution in [1.29, 1.82) is 0 Å². The average molecular weight is 287 g/mol.